The molecule has 3 rings (SSSR count). The lowest BCUT2D eigenvalue weighted by atomic mass is 9.84. The minimum absolute atomic E-state index is 0.293. The van der Waals surface area contributed by atoms with Crippen LogP contribution in [0.3, 0.4) is 0 Å². The van der Waals surface area contributed by atoms with E-state index >= 15 is 0 Å². The van der Waals surface area contributed by atoms with Crippen LogP contribution < -0.4 is 0 Å². The lowest BCUT2D eigenvalue weighted by Crippen LogP contribution is -2.38. The molecule has 1 aromatic rings. The van der Waals surface area contributed by atoms with Gasteiger partial charge in [0.25, 0.3) is 0 Å². The van der Waals surface area contributed by atoms with E-state index in [1.54, 1.807) is 0 Å². The average molecular weight is 267 g/mol. The number of aryl methyl sites for hydroxylation is 1. The second kappa shape index (κ2) is 4.65. The van der Waals surface area contributed by atoms with Crippen molar-refractivity contribution in [3.05, 3.63) is 21.9 Å². The summed E-state index contributed by atoms with van der Waals surface area (Å²) in [4.78, 5) is 17.1. The fourth-order valence-corrected chi connectivity index (χ4v) is 4.79. The summed E-state index contributed by atoms with van der Waals surface area (Å²) in [6.07, 6.45) is 3.45. The Labute approximate surface area is 110 Å². The molecule has 1 saturated heterocycles. The molecule has 92 valence electrons. The molecule has 1 aliphatic heterocycles. The molecule has 0 radical (unpaired) electrons. The molecular weight excluding hydrogens is 250 g/mol. The first kappa shape index (κ1) is 11.6. The van der Waals surface area contributed by atoms with Crippen LogP contribution in [0, 0.1) is 12.8 Å². The van der Waals surface area contributed by atoms with E-state index in [1.165, 1.54) is 16.2 Å². The van der Waals surface area contributed by atoms with Gasteiger partial charge in [-0.05, 0) is 31.9 Å². The highest BCUT2D eigenvalue weighted by molar-refractivity contribution is 7.99. The predicted octanol–water partition coefficient (Wildman–Crippen LogP) is 3.43. The number of rotatable bonds is 2. The third-order valence-corrected chi connectivity index (χ3v) is 6.08. The number of hydrogen-bond donors (Lipinski definition) is 0. The molecule has 1 aliphatic carbocycles. The summed E-state index contributed by atoms with van der Waals surface area (Å²) in [5, 5.41) is 0.293. The smallest absolute Gasteiger partial charge is 0.226 e. The van der Waals surface area contributed by atoms with E-state index in [9.17, 15) is 4.79 Å². The zero-order chi connectivity index (χ0) is 11.8. The maximum absolute atomic E-state index is 12.3. The quantitative estimate of drug-likeness (QED) is 0.818. The van der Waals surface area contributed by atoms with Crippen molar-refractivity contribution >= 4 is 29.0 Å². The van der Waals surface area contributed by atoms with E-state index in [0.29, 0.717) is 17.2 Å². The Kier molecular flexibility index (Phi) is 3.17. The summed E-state index contributed by atoms with van der Waals surface area (Å²) in [6.45, 7) is 3.06. The van der Waals surface area contributed by atoms with E-state index in [0.717, 1.165) is 25.1 Å². The molecule has 2 nitrogen and oxygen atoms in total. The van der Waals surface area contributed by atoms with Crippen molar-refractivity contribution in [2.24, 2.45) is 5.92 Å². The number of carbonyl (C=O) groups excluding carboxylic acids is 1. The van der Waals surface area contributed by atoms with E-state index in [2.05, 4.69) is 24.0 Å². The summed E-state index contributed by atoms with van der Waals surface area (Å²) in [7, 11) is 0. The molecular formula is C13H17NOS2. The monoisotopic (exact) mass is 267 g/mol. The van der Waals surface area contributed by atoms with Gasteiger partial charge < -0.3 is 4.90 Å². The Morgan fingerprint density at radius 3 is 2.82 bits per heavy atom. The van der Waals surface area contributed by atoms with Crippen molar-refractivity contribution in [3.8, 4) is 0 Å². The van der Waals surface area contributed by atoms with Crippen molar-refractivity contribution in [2.75, 3.05) is 12.3 Å². The normalized spacial score (nSPS) is 25.0. The number of amides is 1. The topological polar surface area (TPSA) is 20.3 Å². The zero-order valence-corrected chi connectivity index (χ0v) is 11.6. The number of thioether (sulfide) groups is 1. The molecule has 2 fully saturated rings. The number of carbonyl (C=O) groups is 1. The summed E-state index contributed by atoms with van der Waals surface area (Å²) in [5.41, 5.74) is 0. The van der Waals surface area contributed by atoms with Crippen molar-refractivity contribution in [1.29, 1.82) is 0 Å². The predicted molar refractivity (Wildman–Crippen MR) is 73.3 cm³/mol. The van der Waals surface area contributed by atoms with Gasteiger partial charge in [0, 0.05) is 28.0 Å². The molecule has 0 bridgehead atoms. The maximum atomic E-state index is 12.3. The van der Waals surface area contributed by atoms with Crippen molar-refractivity contribution in [1.82, 2.24) is 4.90 Å². The second-order valence-corrected chi connectivity index (χ2v) is 7.34. The van der Waals surface area contributed by atoms with Gasteiger partial charge in [-0.3, -0.25) is 4.79 Å². The third-order valence-electron chi connectivity index (χ3n) is 3.63. The lowest BCUT2D eigenvalue weighted by molar-refractivity contribution is -0.138. The number of thiophene rings is 1. The first-order valence-corrected chi connectivity index (χ1v) is 8.10. The van der Waals surface area contributed by atoms with Crippen LogP contribution in [0.2, 0.25) is 0 Å². The molecule has 2 aliphatic rings. The molecule has 0 spiro atoms. The molecule has 2 heterocycles. The van der Waals surface area contributed by atoms with Crippen LogP contribution in [0.5, 0.6) is 0 Å². The van der Waals surface area contributed by atoms with E-state index < -0.39 is 0 Å². The Morgan fingerprint density at radius 1 is 1.41 bits per heavy atom. The van der Waals surface area contributed by atoms with Gasteiger partial charge in [-0.2, -0.15) is 0 Å². The molecule has 0 aromatic carbocycles. The fraction of sp³-hybridized carbons (Fsp3) is 0.615. The molecule has 0 N–H and O–H groups in total. The van der Waals surface area contributed by atoms with Crippen LogP contribution in [0.4, 0.5) is 0 Å². The highest BCUT2D eigenvalue weighted by Crippen LogP contribution is 2.43. The minimum atomic E-state index is 0.293. The van der Waals surface area contributed by atoms with Gasteiger partial charge in [0.2, 0.25) is 5.91 Å². The first-order valence-electron chi connectivity index (χ1n) is 6.24. The van der Waals surface area contributed by atoms with E-state index in [4.69, 9.17) is 0 Å². The molecule has 4 heteroatoms. The zero-order valence-electron chi connectivity index (χ0n) is 10.0. The van der Waals surface area contributed by atoms with Gasteiger partial charge in [0.15, 0.2) is 0 Å². The molecule has 1 aromatic heterocycles. The van der Waals surface area contributed by atoms with Gasteiger partial charge in [0.05, 0.1) is 0 Å². The van der Waals surface area contributed by atoms with Crippen molar-refractivity contribution in [2.45, 2.75) is 31.6 Å². The highest BCUT2D eigenvalue weighted by Gasteiger charge is 2.37. The Hall–Kier alpha value is -0.480. The number of nitrogens with zero attached hydrogens (tertiary/aromatic N) is 1. The van der Waals surface area contributed by atoms with E-state index in [-0.39, 0.29) is 0 Å². The molecule has 0 unspecified atom stereocenters. The lowest BCUT2D eigenvalue weighted by Gasteiger charge is -2.31. The third kappa shape index (κ3) is 2.13. The summed E-state index contributed by atoms with van der Waals surface area (Å²) < 4.78 is 0. The summed E-state index contributed by atoms with van der Waals surface area (Å²) >= 11 is 3.74. The Morgan fingerprint density at radius 2 is 2.24 bits per heavy atom. The average Bonchev–Trinajstić information content (AvgIpc) is 2.81. The SMILES string of the molecule is Cc1ccc([C@H]2SCCN2C(=O)C2CCC2)s1. The Balaban J connectivity index is 1.77. The fourth-order valence-electron chi connectivity index (χ4n) is 2.41. The molecule has 1 amide bonds. The first-order chi connectivity index (χ1) is 8.25. The maximum Gasteiger partial charge on any atom is 0.226 e. The molecule has 17 heavy (non-hydrogen) atoms. The minimum Gasteiger partial charge on any atom is -0.325 e. The van der Waals surface area contributed by atoms with Gasteiger partial charge in [0.1, 0.15) is 5.37 Å². The van der Waals surface area contributed by atoms with Crippen molar-refractivity contribution < 1.29 is 4.79 Å². The largest absolute Gasteiger partial charge is 0.325 e. The molecule has 1 saturated carbocycles. The van der Waals surface area contributed by atoms with Gasteiger partial charge in [-0.15, -0.1) is 23.1 Å². The van der Waals surface area contributed by atoms with Crippen LogP contribution in [0.15, 0.2) is 12.1 Å². The van der Waals surface area contributed by atoms with E-state index in [1.807, 2.05) is 23.1 Å². The van der Waals surface area contributed by atoms with Crippen LogP contribution in [-0.4, -0.2) is 23.1 Å². The summed E-state index contributed by atoms with van der Waals surface area (Å²) in [6, 6.07) is 4.34. The van der Waals surface area contributed by atoms with Crippen LogP contribution in [0.1, 0.15) is 34.4 Å². The number of hydrogen-bond acceptors (Lipinski definition) is 3. The van der Waals surface area contributed by atoms with Gasteiger partial charge >= 0.3 is 0 Å². The van der Waals surface area contributed by atoms with Crippen LogP contribution in [-0.2, 0) is 4.79 Å². The highest BCUT2D eigenvalue weighted by atomic mass is 32.2. The van der Waals surface area contributed by atoms with Gasteiger partial charge in [-0.1, -0.05) is 6.42 Å². The van der Waals surface area contributed by atoms with Crippen LogP contribution >= 0.6 is 23.1 Å². The Bertz CT molecular complexity index is 425. The van der Waals surface area contributed by atoms with Crippen LogP contribution in [0.25, 0.3) is 0 Å². The molecule has 1 atom stereocenters. The standard InChI is InChI=1S/C13H17NOS2/c1-9-5-6-11(17-9)13-14(7-8-16-13)12(15)10-3-2-4-10/h5-6,10,13H,2-4,7-8H2,1H3/t13-/m1/s1. The van der Waals surface area contributed by atoms with Gasteiger partial charge in [-0.25, -0.2) is 0 Å². The summed E-state index contributed by atoms with van der Waals surface area (Å²) in [5.74, 6) is 1.81. The van der Waals surface area contributed by atoms with Crippen molar-refractivity contribution in [3.63, 3.8) is 0 Å². The second-order valence-electron chi connectivity index (χ2n) is 4.83.